The van der Waals surface area contributed by atoms with E-state index in [4.69, 9.17) is 16.3 Å². The number of halogens is 2. The first-order valence-electron chi connectivity index (χ1n) is 6.73. The summed E-state index contributed by atoms with van der Waals surface area (Å²) < 4.78 is 6.02. The lowest BCUT2D eigenvalue weighted by Crippen LogP contribution is -2.23. The summed E-state index contributed by atoms with van der Waals surface area (Å²) in [6.45, 7) is 2.33. The Morgan fingerprint density at radius 3 is 2.63 bits per heavy atom. The molecule has 0 unspecified atom stereocenters. The van der Waals surface area contributed by atoms with Crippen LogP contribution in [0.25, 0.3) is 0 Å². The molecule has 0 amide bonds. The van der Waals surface area contributed by atoms with E-state index in [9.17, 15) is 4.79 Å². The molecule has 0 heterocycles. The molecule has 0 radical (unpaired) electrons. The van der Waals surface area contributed by atoms with Crippen LogP contribution >= 0.6 is 27.5 Å². The van der Waals surface area contributed by atoms with Gasteiger partial charge in [-0.2, -0.15) is 0 Å². The van der Waals surface area contributed by atoms with E-state index in [1.165, 1.54) is 5.56 Å². The van der Waals surface area contributed by atoms with Gasteiger partial charge in [0.05, 0.1) is 17.5 Å². The lowest BCUT2D eigenvalue weighted by Gasteiger charge is -2.27. The molecule has 1 aliphatic rings. The summed E-state index contributed by atoms with van der Waals surface area (Å²) in [4.78, 5) is 11.7. The van der Waals surface area contributed by atoms with Crippen LogP contribution in [-0.2, 0) is 9.53 Å². The number of hydrogen-bond donors (Lipinski definition) is 0. The Balaban J connectivity index is 1.96. The van der Waals surface area contributed by atoms with Gasteiger partial charge in [-0.15, -0.1) is 0 Å². The third-order valence-corrected chi connectivity index (χ3v) is 4.99. The number of ether oxygens (including phenoxy) is 1. The van der Waals surface area contributed by atoms with E-state index in [0.29, 0.717) is 12.5 Å². The van der Waals surface area contributed by atoms with Gasteiger partial charge >= 0.3 is 5.97 Å². The maximum Gasteiger partial charge on any atom is 0.308 e. The topological polar surface area (TPSA) is 26.3 Å². The predicted molar refractivity (Wildman–Crippen MR) is 80.5 cm³/mol. The van der Waals surface area contributed by atoms with E-state index in [1.807, 2.05) is 19.1 Å². The predicted octanol–water partition coefficient (Wildman–Crippen LogP) is 4.94. The number of rotatable bonds is 3. The van der Waals surface area contributed by atoms with E-state index in [-0.39, 0.29) is 11.9 Å². The van der Waals surface area contributed by atoms with Crippen molar-refractivity contribution in [2.45, 2.75) is 38.5 Å². The molecule has 2 nitrogen and oxygen atoms in total. The van der Waals surface area contributed by atoms with Gasteiger partial charge in [0.15, 0.2) is 0 Å². The average molecular weight is 346 g/mol. The van der Waals surface area contributed by atoms with Crippen LogP contribution in [0.2, 0.25) is 5.02 Å². The summed E-state index contributed by atoms with van der Waals surface area (Å²) in [6, 6.07) is 6.14. The molecule has 0 aliphatic heterocycles. The van der Waals surface area contributed by atoms with Crippen LogP contribution in [0.15, 0.2) is 22.7 Å². The minimum atomic E-state index is -0.0326. The van der Waals surface area contributed by atoms with Crippen LogP contribution in [0, 0.1) is 5.92 Å². The summed E-state index contributed by atoms with van der Waals surface area (Å²) in [5, 5.41) is 0.755. The van der Waals surface area contributed by atoms with Gasteiger partial charge in [-0.25, -0.2) is 0 Å². The second kappa shape index (κ2) is 6.76. The fraction of sp³-hybridized carbons (Fsp3) is 0.533. The van der Waals surface area contributed by atoms with Gasteiger partial charge in [0, 0.05) is 4.47 Å². The van der Waals surface area contributed by atoms with Crippen LogP contribution < -0.4 is 0 Å². The first-order chi connectivity index (χ1) is 9.11. The van der Waals surface area contributed by atoms with Crippen molar-refractivity contribution in [3.05, 3.63) is 33.3 Å². The Bertz CT molecular complexity index is 453. The van der Waals surface area contributed by atoms with Crippen molar-refractivity contribution in [1.29, 1.82) is 0 Å². The first-order valence-corrected chi connectivity index (χ1v) is 7.90. The molecule has 0 saturated heterocycles. The monoisotopic (exact) mass is 344 g/mol. The molecule has 4 heteroatoms. The average Bonchev–Trinajstić information content (AvgIpc) is 2.42. The zero-order valence-corrected chi connectivity index (χ0v) is 13.3. The fourth-order valence-electron chi connectivity index (χ4n) is 2.69. The Morgan fingerprint density at radius 2 is 2.05 bits per heavy atom. The molecule has 2 rings (SSSR count). The molecular weight excluding hydrogens is 328 g/mol. The van der Waals surface area contributed by atoms with Gasteiger partial charge in [0.1, 0.15) is 0 Å². The molecule has 0 aromatic heterocycles. The molecule has 1 aromatic rings. The SMILES string of the molecule is CCOC(=O)C1CCC(c2ccc(Br)c(Cl)c2)CC1. The Morgan fingerprint density at radius 1 is 1.37 bits per heavy atom. The van der Waals surface area contributed by atoms with Crippen LogP contribution in [0.4, 0.5) is 0 Å². The molecule has 1 saturated carbocycles. The van der Waals surface area contributed by atoms with E-state index >= 15 is 0 Å². The smallest absolute Gasteiger partial charge is 0.308 e. The first kappa shape index (κ1) is 14.9. The van der Waals surface area contributed by atoms with E-state index < -0.39 is 0 Å². The van der Waals surface area contributed by atoms with Crippen molar-refractivity contribution >= 4 is 33.5 Å². The van der Waals surface area contributed by atoms with E-state index in [1.54, 1.807) is 0 Å². The maximum absolute atomic E-state index is 11.7. The number of esters is 1. The van der Waals surface area contributed by atoms with Crippen LogP contribution in [0.5, 0.6) is 0 Å². The van der Waals surface area contributed by atoms with Crippen molar-refractivity contribution in [2.24, 2.45) is 5.92 Å². The van der Waals surface area contributed by atoms with Crippen molar-refractivity contribution < 1.29 is 9.53 Å². The molecule has 1 aromatic carbocycles. The third-order valence-electron chi connectivity index (χ3n) is 3.76. The minimum absolute atomic E-state index is 0.0326. The fourth-order valence-corrected chi connectivity index (χ4v) is 3.12. The Kier molecular flexibility index (Phi) is 5.28. The minimum Gasteiger partial charge on any atom is -0.466 e. The number of carbonyl (C=O) groups is 1. The van der Waals surface area contributed by atoms with Gasteiger partial charge in [-0.1, -0.05) is 17.7 Å². The Labute approximate surface area is 127 Å². The zero-order chi connectivity index (χ0) is 13.8. The largest absolute Gasteiger partial charge is 0.466 e. The normalized spacial score (nSPS) is 23.1. The van der Waals surface area contributed by atoms with E-state index in [2.05, 4.69) is 22.0 Å². The molecule has 0 spiro atoms. The van der Waals surface area contributed by atoms with Gasteiger partial charge in [0.25, 0.3) is 0 Å². The summed E-state index contributed by atoms with van der Waals surface area (Å²) in [7, 11) is 0. The van der Waals surface area contributed by atoms with Crippen LogP contribution in [-0.4, -0.2) is 12.6 Å². The Hall–Kier alpha value is -0.540. The van der Waals surface area contributed by atoms with Gasteiger partial charge in [-0.3, -0.25) is 4.79 Å². The molecule has 104 valence electrons. The highest BCUT2D eigenvalue weighted by molar-refractivity contribution is 9.10. The highest BCUT2D eigenvalue weighted by Crippen LogP contribution is 2.38. The quantitative estimate of drug-likeness (QED) is 0.725. The molecule has 0 N–H and O–H groups in total. The summed E-state index contributed by atoms with van der Waals surface area (Å²) in [5.74, 6) is 0.563. The molecule has 0 bridgehead atoms. The van der Waals surface area contributed by atoms with Crippen molar-refractivity contribution in [1.82, 2.24) is 0 Å². The second-order valence-electron chi connectivity index (χ2n) is 4.97. The molecular formula is C15H18BrClO2. The lowest BCUT2D eigenvalue weighted by molar-refractivity contribution is -0.149. The van der Waals surface area contributed by atoms with Crippen molar-refractivity contribution in [3.63, 3.8) is 0 Å². The standard InChI is InChI=1S/C15H18BrClO2/c1-2-19-15(18)11-5-3-10(4-6-11)12-7-8-13(16)14(17)9-12/h7-11H,2-6H2,1H3. The van der Waals surface area contributed by atoms with Crippen LogP contribution in [0.3, 0.4) is 0 Å². The number of carbonyl (C=O) groups excluding carboxylic acids is 1. The van der Waals surface area contributed by atoms with Crippen molar-refractivity contribution in [2.75, 3.05) is 6.61 Å². The maximum atomic E-state index is 11.7. The van der Waals surface area contributed by atoms with Crippen molar-refractivity contribution in [3.8, 4) is 0 Å². The van der Waals surface area contributed by atoms with Gasteiger partial charge < -0.3 is 4.74 Å². The zero-order valence-electron chi connectivity index (χ0n) is 11.0. The highest BCUT2D eigenvalue weighted by Gasteiger charge is 2.28. The van der Waals surface area contributed by atoms with E-state index in [0.717, 1.165) is 35.2 Å². The highest BCUT2D eigenvalue weighted by atomic mass is 79.9. The summed E-state index contributed by atoms with van der Waals surface area (Å²) >= 11 is 9.54. The summed E-state index contributed by atoms with van der Waals surface area (Å²) in [5.41, 5.74) is 1.27. The van der Waals surface area contributed by atoms with Crippen LogP contribution in [0.1, 0.15) is 44.1 Å². The molecule has 0 atom stereocenters. The molecule has 19 heavy (non-hydrogen) atoms. The van der Waals surface area contributed by atoms with Gasteiger partial charge in [0.2, 0.25) is 0 Å². The lowest BCUT2D eigenvalue weighted by atomic mass is 9.79. The summed E-state index contributed by atoms with van der Waals surface area (Å²) in [6.07, 6.45) is 3.89. The second-order valence-corrected chi connectivity index (χ2v) is 6.24. The number of hydrogen-bond acceptors (Lipinski definition) is 2. The number of benzene rings is 1. The molecule has 1 fully saturated rings. The third kappa shape index (κ3) is 3.73. The molecule has 1 aliphatic carbocycles. The van der Waals surface area contributed by atoms with Gasteiger partial charge in [-0.05, 0) is 72.2 Å².